The summed E-state index contributed by atoms with van der Waals surface area (Å²) in [5, 5.41) is 3.41. The van der Waals surface area contributed by atoms with Gasteiger partial charge >= 0.3 is 0 Å². The van der Waals surface area contributed by atoms with Gasteiger partial charge < -0.3 is 29.3 Å². The van der Waals surface area contributed by atoms with Gasteiger partial charge in [0.25, 0.3) is 0 Å². The molecule has 0 spiro atoms. The van der Waals surface area contributed by atoms with E-state index < -0.39 is 0 Å². The van der Waals surface area contributed by atoms with Gasteiger partial charge in [0.15, 0.2) is 12.8 Å². The molecule has 0 unspecified atom stereocenters. The molecule has 0 atom stereocenters. The predicted molar refractivity (Wildman–Crippen MR) is 119 cm³/mol. The molecule has 1 N–H and O–H groups in total. The summed E-state index contributed by atoms with van der Waals surface area (Å²) in [6.45, 7) is 4.70. The molecule has 166 valence electrons. The fraction of sp³-hybridized carbons (Fsp3) is 0.435. The van der Waals surface area contributed by atoms with E-state index in [0.29, 0.717) is 19.6 Å². The molecule has 0 amide bonds. The van der Waals surface area contributed by atoms with Gasteiger partial charge in [-0.15, -0.1) is 0 Å². The molecule has 1 saturated heterocycles. The maximum absolute atomic E-state index is 14.0. The summed E-state index contributed by atoms with van der Waals surface area (Å²) in [6, 6.07) is 11.1. The maximum Gasteiger partial charge on any atom is 0.193 e. The smallest absolute Gasteiger partial charge is 0.193 e. The number of benzene rings is 2. The number of piperazine rings is 1. The van der Waals surface area contributed by atoms with Crippen LogP contribution in [0.2, 0.25) is 0 Å². The number of anilines is 1. The zero-order chi connectivity index (χ0) is 21.6. The molecule has 8 heteroatoms. The normalized spacial score (nSPS) is 16.5. The Hall–Kier alpha value is -3.00. The van der Waals surface area contributed by atoms with E-state index in [1.165, 1.54) is 6.07 Å². The summed E-state index contributed by atoms with van der Waals surface area (Å²) < 4.78 is 30.3. The van der Waals surface area contributed by atoms with E-state index >= 15 is 0 Å². The number of fused-ring (bicyclic) bond motifs is 1. The van der Waals surface area contributed by atoms with Crippen LogP contribution < -0.4 is 19.7 Å². The zero-order valence-corrected chi connectivity index (χ0v) is 18.1. The molecule has 0 radical (unpaired) electrons. The summed E-state index contributed by atoms with van der Waals surface area (Å²) in [5.41, 5.74) is 2.73. The summed E-state index contributed by atoms with van der Waals surface area (Å²) >= 11 is 0. The monoisotopic (exact) mass is 428 g/mol. The van der Waals surface area contributed by atoms with Crippen molar-refractivity contribution < 1.29 is 18.6 Å². The van der Waals surface area contributed by atoms with Crippen LogP contribution >= 0.6 is 0 Å². The number of methoxy groups -OCH3 is 1. The maximum atomic E-state index is 14.0. The third-order valence-corrected chi connectivity index (χ3v) is 5.65. The lowest BCUT2D eigenvalue weighted by Crippen LogP contribution is -2.52. The highest BCUT2D eigenvalue weighted by Crippen LogP contribution is 2.30. The van der Waals surface area contributed by atoms with Gasteiger partial charge in [-0.2, -0.15) is 0 Å². The number of aliphatic imine (C=N–C) groups is 1. The van der Waals surface area contributed by atoms with Gasteiger partial charge in [-0.05, 0) is 36.2 Å². The Kier molecular flexibility index (Phi) is 6.76. The molecule has 0 saturated carbocycles. The summed E-state index contributed by atoms with van der Waals surface area (Å²) in [6.07, 6.45) is 0.639. The highest BCUT2D eigenvalue weighted by molar-refractivity contribution is 5.80. The molecule has 2 aliphatic heterocycles. The van der Waals surface area contributed by atoms with E-state index in [0.717, 1.165) is 60.5 Å². The van der Waals surface area contributed by atoms with Crippen LogP contribution in [0.3, 0.4) is 0 Å². The number of para-hydroxylation sites is 2. The summed E-state index contributed by atoms with van der Waals surface area (Å²) in [7, 11) is 3.49. The standard InChI is InChI=1S/C23H29FN4O3/c1-25-23(26-8-7-17-13-19(24)14-18-15-30-16-31-22(17)18)28-11-9-27(10-12-28)20-5-3-4-6-21(20)29-2/h3-6,13-14H,7-12,15-16H2,1-2H3,(H,25,26). The van der Waals surface area contributed by atoms with Crippen molar-refractivity contribution in [3.05, 3.63) is 53.3 Å². The quantitative estimate of drug-likeness (QED) is 0.584. The third-order valence-electron chi connectivity index (χ3n) is 5.65. The zero-order valence-electron chi connectivity index (χ0n) is 18.1. The molecule has 2 aromatic rings. The van der Waals surface area contributed by atoms with Crippen molar-refractivity contribution in [3.8, 4) is 11.5 Å². The van der Waals surface area contributed by atoms with Crippen LogP contribution in [0.15, 0.2) is 41.4 Å². The first kappa shape index (κ1) is 21.2. The first-order valence-electron chi connectivity index (χ1n) is 10.5. The molecule has 1 fully saturated rings. The van der Waals surface area contributed by atoms with Crippen LogP contribution in [-0.2, 0) is 17.8 Å². The predicted octanol–water partition coefficient (Wildman–Crippen LogP) is 2.64. The lowest BCUT2D eigenvalue weighted by molar-refractivity contribution is -0.0172. The second kappa shape index (κ2) is 9.87. The second-order valence-electron chi connectivity index (χ2n) is 7.53. The average molecular weight is 429 g/mol. The third kappa shape index (κ3) is 4.85. The molecular weight excluding hydrogens is 399 g/mol. The molecule has 4 rings (SSSR count). The highest BCUT2D eigenvalue weighted by atomic mass is 19.1. The fourth-order valence-electron chi connectivity index (χ4n) is 4.13. The molecule has 2 aliphatic rings. The van der Waals surface area contributed by atoms with Crippen molar-refractivity contribution in [1.82, 2.24) is 10.2 Å². The van der Waals surface area contributed by atoms with Gasteiger partial charge in [0.1, 0.15) is 17.3 Å². The van der Waals surface area contributed by atoms with Gasteiger partial charge in [-0.3, -0.25) is 4.99 Å². The van der Waals surface area contributed by atoms with Crippen LogP contribution in [0.4, 0.5) is 10.1 Å². The van der Waals surface area contributed by atoms with Crippen LogP contribution in [0.25, 0.3) is 0 Å². The first-order chi connectivity index (χ1) is 15.2. The number of hydrogen-bond acceptors (Lipinski definition) is 5. The number of nitrogens with zero attached hydrogens (tertiary/aromatic N) is 3. The molecule has 2 heterocycles. The number of nitrogens with one attached hydrogen (secondary N) is 1. The van der Waals surface area contributed by atoms with Crippen molar-refractivity contribution in [2.75, 3.05) is 58.6 Å². The van der Waals surface area contributed by atoms with Crippen molar-refractivity contribution >= 4 is 11.6 Å². The van der Waals surface area contributed by atoms with Crippen LogP contribution in [0.5, 0.6) is 11.5 Å². The SMILES string of the molecule is CN=C(NCCc1cc(F)cc2c1OCOC2)N1CCN(c2ccccc2OC)CC1. The Balaban J connectivity index is 1.32. The lowest BCUT2D eigenvalue weighted by Gasteiger charge is -2.38. The molecular formula is C23H29FN4O3. The molecule has 31 heavy (non-hydrogen) atoms. The van der Waals surface area contributed by atoms with E-state index in [-0.39, 0.29) is 12.6 Å². The van der Waals surface area contributed by atoms with Gasteiger partial charge in [0.2, 0.25) is 0 Å². The van der Waals surface area contributed by atoms with E-state index in [1.54, 1.807) is 20.2 Å². The lowest BCUT2D eigenvalue weighted by atomic mass is 10.1. The average Bonchev–Trinajstić information content (AvgIpc) is 2.82. The Morgan fingerprint density at radius 2 is 2.00 bits per heavy atom. The van der Waals surface area contributed by atoms with Crippen LogP contribution in [0, 0.1) is 5.82 Å². The molecule has 0 bridgehead atoms. The summed E-state index contributed by atoms with van der Waals surface area (Å²) in [4.78, 5) is 9.02. The second-order valence-corrected chi connectivity index (χ2v) is 7.53. The molecule has 0 aromatic heterocycles. The Morgan fingerprint density at radius 1 is 1.19 bits per heavy atom. The Morgan fingerprint density at radius 3 is 2.77 bits per heavy atom. The van der Waals surface area contributed by atoms with E-state index in [2.05, 4.69) is 26.2 Å². The van der Waals surface area contributed by atoms with Crippen molar-refractivity contribution in [2.24, 2.45) is 4.99 Å². The fourth-order valence-corrected chi connectivity index (χ4v) is 4.13. The van der Waals surface area contributed by atoms with Gasteiger partial charge in [0, 0.05) is 45.3 Å². The van der Waals surface area contributed by atoms with E-state index in [9.17, 15) is 4.39 Å². The Bertz CT molecular complexity index is 929. The largest absolute Gasteiger partial charge is 0.495 e. The van der Waals surface area contributed by atoms with E-state index in [4.69, 9.17) is 14.2 Å². The highest BCUT2D eigenvalue weighted by Gasteiger charge is 2.22. The first-order valence-corrected chi connectivity index (χ1v) is 10.5. The van der Waals surface area contributed by atoms with Crippen molar-refractivity contribution in [2.45, 2.75) is 13.0 Å². The minimum Gasteiger partial charge on any atom is -0.495 e. The van der Waals surface area contributed by atoms with Gasteiger partial charge in [-0.1, -0.05) is 12.1 Å². The topological polar surface area (TPSA) is 58.6 Å². The Labute approximate surface area is 182 Å². The van der Waals surface area contributed by atoms with Crippen molar-refractivity contribution in [1.29, 1.82) is 0 Å². The van der Waals surface area contributed by atoms with Gasteiger partial charge in [-0.25, -0.2) is 4.39 Å². The van der Waals surface area contributed by atoms with E-state index in [1.807, 2.05) is 18.2 Å². The minimum atomic E-state index is -0.264. The molecule has 0 aliphatic carbocycles. The van der Waals surface area contributed by atoms with Gasteiger partial charge in [0.05, 0.1) is 19.4 Å². The number of hydrogen-bond donors (Lipinski definition) is 1. The minimum absolute atomic E-state index is 0.206. The van der Waals surface area contributed by atoms with Crippen LogP contribution in [0.1, 0.15) is 11.1 Å². The van der Waals surface area contributed by atoms with Crippen molar-refractivity contribution in [3.63, 3.8) is 0 Å². The molecule has 7 nitrogen and oxygen atoms in total. The number of ether oxygens (including phenoxy) is 3. The number of rotatable bonds is 5. The van der Waals surface area contributed by atoms with Crippen LogP contribution in [-0.4, -0.2) is 64.5 Å². The number of guanidine groups is 1. The number of halogens is 1. The molecule has 2 aromatic carbocycles. The summed E-state index contributed by atoms with van der Waals surface area (Å²) in [5.74, 6) is 2.23.